The van der Waals surface area contributed by atoms with Gasteiger partial charge in [0.2, 0.25) is 0 Å². The van der Waals surface area contributed by atoms with Crippen LogP contribution in [0.1, 0.15) is 15.9 Å². The van der Waals surface area contributed by atoms with E-state index in [1.165, 1.54) is 0 Å². The first-order valence-corrected chi connectivity index (χ1v) is 5.22. The fraction of sp³-hybridized carbons (Fsp3) is 0.0769. The molecule has 1 aromatic carbocycles. The number of nitrogens with one attached hydrogen (secondary N) is 1. The van der Waals surface area contributed by atoms with E-state index in [0.717, 1.165) is 11.3 Å². The van der Waals surface area contributed by atoms with E-state index >= 15 is 0 Å². The summed E-state index contributed by atoms with van der Waals surface area (Å²) < 4.78 is 0. The molecule has 2 aromatic rings. The Balaban J connectivity index is 1.98. The average Bonchev–Trinajstić information content (AvgIpc) is 2.38. The third kappa shape index (κ3) is 3.04. The predicted octanol–water partition coefficient (Wildman–Crippen LogP) is 2.39. The second kappa shape index (κ2) is 5.12. The lowest BCUT2D eigenvalue weighted by Crippen LogP contribution is -2.01. The lowest BCUT2D eigenvalue weighted by atomic mass is 10.1. The molecule has 4 heteroatoms. The SMILES string of the molecule is O=C(O)c1ccc(CNc2ccncc2)cc1. The van der Waals surface area contributed by atoms with E-state index in [1.807, 2.05) is 12.1 Å². The van der Waals surface area contributed by atoms with E-state index in [0.29, 0.717) is 12.1 Å². The van der Waals surface area contributed by atoms with Gasteiger partial charge in [0.15, 0.2) is 0 Å². The van der Waals surface area contributed by atoms with E-state index in [2.05, 4.69) is 10.3 Å². The van der Waals surface area contributed by atoms with Crippen molar-refractivity contribution in [3.05, 3.63) is 59.9 Å². The molecule has 2 rings (SSSR count). The smallest absolute Gasteiger partial charge is 0.335 e. The summed E-state index contributed by atoms with van der Waals surface area (Å²) in [4.78, 5) is 14.6. The molecular formula is C13H12N2O2. The van der Waals surface area contributed by atoms with Gasteiger partial charge in [0, 0.05) is 24.6 Å². The molecule has 0 aliphatic carbocycles. The summed E-state index contributed by atoms with van der Waals surface area (Å²) in [5, 5.41) is 12.0. The fourth-order valence-electron chi connectivity index (χ4n) is 1.44. The Morgan fingerprint density at radius 2 is 1.76 bits per heavy atom. The van der Waals surface area contributed by atoms with E-state index in [1.54, 1.807) is 36.7 Å². The number of pyridine rings is 1. The van der Waals surface area contributed by atoms with Crippen LogP contribution in [-0.4, -0.2) is 16.1 Å². The first kappa shape index (κ1) is 11.1. The maximum Gasteiger partial charge on any atom is 0.335 e. The van der Waals surface area contributed by atoms with Crippen LogP contribution in [0.25, 0.3) is 0 Å². The number of aromatic nitrogens is 1. The van der Waals surface area contributed by atoms with Crippen molar-refractivity contribution in [1.29, 1.82) is 0 Å². The number of carbonyl (C=O) groups is 1. The molecular weight excluding hydrogens is 216 g/mol. The summed E-state index contributed by atoms with van der Waals surface area (Å²) in [6.07, 6.45) is 3.44. The van der Waals surface area contributed by atoms with E-state index in [-0.39, 0.29) is 0 Å². The molecule has 0 aliphatic heterocycles. The number of anilines is 1. The minimum atomic E-state index is -0.904. The summed E-state index contributed by atoms with van der Waals surface area (Å²) in [5.74, 6) is -0.904. The van der Waals surface area contributed by atoms with Crippen molar-refractivity contribution < 1.29 is 9.90 Å². The van der Waals surface area contributed by atoms with Crippen molar-refractivity contribution in [2.24, 2.45) is 0 Å². The molecule has 4 nitrogen and oxygen atoms in total. The van der Waals surface area contributed by atoms with Crippen LogP contribution < -0.4 is 5.32 Å². The molecule has 0 atom stereocenters. The molecule has 0 aliphatic rings. The van der Waals surface area contributed by atoms with Crippen molar-refractivity contribution >= 4 is 11.7 Å². The highest BCUT2D eigenvalue weighted by molar-refractivity contribution is 5.87. The van der Waals surface area contributed by atoms with Gasteiger partial charge in [-0.3, -0.25) is 4.98 Å². The number of carboxylic acid groups (broad SMARTS) is 1. The van der Waals surface area contributed by atoms with Crippen LogP contribution in [0.4, 0.5) is 5.69 Å². The molecule has 0 bridgehead atoms. The summed E-state index contributed by atoms with van der Waals surface area (Å²) >= 11 is 0. The largest absolute Gasteiger partial charge is 0.478 e. The van der Waals surface area contributed by atoms with E-state index in [4.69, 9.17) is 5.11 Å². The zero-order valence-corrected chi connectivity index (χ0v) is 9.13. The van der Waals surface area contributed by atoms with Crippen LogP contribution in [0.3, 0.4) is 0 Å². The molecule has 0 saturated heterocycles. The minimum Gasteiger partial charge on any atom is -0.478 e. The molecule has 0 amide bonds. The first-order valence-electron chi connectivity index (χ1n) is 5.22. The first-order chi connectivity index (χ1) is 8.25. The summed E-state index contributed by atoms with van der Waals surface area (Å²) in [6, 6.07) is 10.6. The van der Waals surface area contributed by atoms with Gasteiger partial charge in [-0.2, -0.15) is 0 Å². The highest BCUT2D eigenvalue weighted by Crippen LogP contribution is 2.08. The lowest BCUT2D eigenvalue weighted by molar-refractivity contribution is 0.0697. The molecule has 0 spiro atoms. The molecule has 0 fully saturated rings. The van der Waals surface area contributed by atoms with Crippen LogP contribution >= 0.6 is 0 Å². The third-order valence-electron chi connectivity index (χ3n) is 2.38. The maximum atomic E-state index is 10.7. The number of hydrogen-bond acceptors (Lipinski definition) is 3. The van der Waals surface area contributed by atoms with Crippen molar-refractivity contribution in [2.75, 3.05) is 5.32 Å². The van der Waals surface area contributed by atoms with Crippen LogP contribution in [-0.2, 0) is 6.54 Å². The Morgan fingerprint density at radius 3 is 2.35 bits per heavy atom. The van der Waals surface area contributed by atoms with Crippen LogP contribution in [0.2, 0.25) is 0 Å². The van der Waals surface area contributed by atoms with Gasteiger partial charge in [0.1, 0.15) is 0 Å². The zero-order valence-electron chi connectivity index (χ0n) is 9.13. The Hall–Kier alpha value is -2.36. The Morgan fingerprint density at radius 1 is 1.12 bits per heavy atom. The van der Waals surface area contributed by atoms with Gasteiger partial charge in [-0.25, -0.2) is 4.79 Å². The Bertz CT molecular complexity index is 495. The second-order valence-corrected chi connectivity index (χ2v) is 3.59. The van der Waals surface area contributed by atoms with Gasteiger partial charge in [0.05, 0.1) is 5.56 Å². The Labute approximate surface area is 98.9 Å². The Kier molecular flexibility index (Phi) is 3.35. The van der Waals surface area contributed by atoms with Crippen molar-refractivity contribution in [2.45, 2.75) is 6.54 Å². The van der Waals surface area contributed by atoms with Gasteiger partial charge in [-0.1, -0.05) is 12.1 Å². The fourth-order valence-corrected chi connectivity index (χ4v) is 1.44. The highest BCUT2D eigenvalue weighted by atomic mass is 16.4. The van der Waals surface area contributed by atoms with Gasteiger partial charge < -0.3 is 10.4 Å². The topological polar surface area (TPSA) is 62.2 Å². The van der Waals surface area contributed by atoms with Crippen LogP contribution in [0.15, 0.2) is 48.8 Å². The monoisotopic (exact) mass is 228 g/mol. The predicted molar refractivity (Wildman–Crippen MR) is 65.0 cm³/mol. The van der Waals surface area contributed by atoms with E-state index < -0.39 is 5.97 Å². The standard InChI is InChI=1S/C13H12N2O2/c16-13(17)11-3-1-10(2-4-11)9-15-12-5-7-14-8-6-12/h1-8H,9H2,(H,14,15)(H,16,17). The van der Waals surface area contributed by atoms with Gasteiger partial charge in [-0.05, 0) is 29.8 Å². The van der Waals surface area contributed by atoms with Crippen molar-refractivity contribution in [3.63, 3.8) is 0 Å². The normalized spacial score (nSPS) is 9.88. The number of benzene rings is 1. The maximum absolute atomic E-state index is 10.7. The molecule has 0 radical (unpaired) electrons. The number of hydrogen-bond donors (Lipinski definition) is 2. The molecule has 1 heterocycles. The number of aromatic carboxylic acids is 1. The third-order valence-corrected chi connectivity index (χ3v) is 2.38. The average molecular weight is 228 g/mol. The van der Waals surface area contributed by atoms with E-state index in [9.17, 15) is 4.79 Å². The van der Waals surface area contributed by atoms with Gasteiger partial charge in [0.25, 0.3) is 0 Å². The molecule has 0 saturated carbocycles. The highest BCUT2D eigenvalue weighted by Gasteiger charge is 2.01. The molecule has 2 N–H and O–H groups in total. The van der Waals surface area contributed by atoms with Gasteiger partial charge >= 0.3 is 5.97 Å². The number of rotatable bonds is 4. The lowest BCUT2D eigenvalue weighted by Gasteiger charge is -2.06. The van der Waals surface area contributed by atoms with Crippen molar-refractivity contribution in [3.8, 4) is 0 Å². The van der Waals surface area contributed by atoms with Crippen molar-refractivity contribution in [1.82, 2.24) is 4.98 Å². The molecule has 86 valence electrons. The number of carboxylic acids is 1. The minimum absolute atomic E-state index is 0.303. The quantitative estimate of drug-likeness (QED) is 0.843. The number of nitrogens with zero attached hydrogens (tertiary/aromatic N) is 1. The molecule has 17 heavy (non-hydrogen) atoms. The summed E-state index contributed by atoms with van der Waals surface area (Å²) in [6.45, 7) is 0.657. The molecule has 1 aromatic heterocycles. The summed E-state index contributed by atoms with van der Waals surface area (Å²) in [5.41, 5.74) is 2.33. The van der Waals surface area contributed by atoms with Gasteiger partial charge in [-0.15, -0.1) is 0 Å². The van der Waals surface area contributed by atoms with Crippen LogP contribution in [0.5, 0.6) is 0 Å². The zero-order chi connectivity index (χ0) is 12.1. The summed E-state index contributed by atoms with van der Waals surface area (Å²) in [7, 11) is 0. The second-order valence-electron chi connectivity index (χ2n) is 3.59. The molecule has 0 unspecified atom stereocenters. The van der Waals surface area contributed by atoms with Crippen LogP contribution in [0, 0.1) is 0 Å².